The summed E-state index contributed by atoms with van der Waals surface area (Å²) in [6, 6.07) is 0. The number of nitrogens with one attached hydrogen (secondary N) is 1. The maximum Gasteiger partial charge on any atom is 0.227 e. The van der Waals surface area contributed by atoms with Crippen molar-refractivity contribution in [3.8, 4) is 0 Å². The molecule has 1 aliphatic rings. The number of rotatable bonds is 6. The molecule has 2 N–H and O–H groups in total. The van der Waals surface area contributed by atoms with E-state index < -0.39 is 0 Å². The highest BCUT2D eigenvalue weighted by molar-refractivity contribution is 5.96. The smallest absolute Gasteiger partial charge is 0.227 e. The van der Waals surface area contributed by atoms with E-state index in [1.165, 1.54) is 6.92 Å². The van der Waals surface area contributed by atoms with Gasteiger partial charge >= 0.3 is 0 Å². The van der Waals surface area contributed by atoms with Crippen LogP contribution in [0.3, 0.4) is 0 Å². The van der Waals surface area contributed by atoms with Gasteiger partial charge in [-0.2, -0.15) is 0 Å². The van der Waals surface area contributed by atoms with Crippen LogP contribution < -0.4 is 5.32 Å². The molecule has 14 heavy (non-hydrogen) atoms. The number of hydrogen-bond acceptors (Lipinski definition) is 3. The number of Topliss-reactive ketones (excluding diaryl/α,β-unsaturated/α-hetero) is 1. The van der Waals surface area contributed by atoms with Gasteiger partial charge < -0.3 is 10.4 Å². The lowest BCUT2D eigenvalue weighted by Gasteiger charge is -2.13. The van der Waals surface area contributed by atoms with Gasteiger partial charge in [0.1, 0.15) is 5.78 Å². The molecule has 80 valence electrons. The van der Waals surface area contributed by atoms with E-state index in [0.29, 0.717) is 6.54 Å². The van der Waals surface area contributed by atoms with Crippen molar-refractivity contribution in [1.29, 1.82) is 0 Å². The maximum atomic E-state index is 11.1. The second kappa shape index (κ2) is 4.55. The lowest BCUT2D eigenvalue weighted by atomic mass is 10.0. The van der Waals surface area contributed by atoms with Crippen LogP contribution in [0.15, 0.2) is 0 Å². The number of carbonyl (C=O) groups is 2. The van der Waals surface area contributed by atoms with Crippen LogP contribution in [0.2, 0.25) is 0 Å². The first-order chi connectivity index (χ1) is 6.58. The number of amides is 1. The van der Waals surface area contributed by atoms with Gasteiger partial charge in [-0.05, 0) is 31.6 Å². The molecule has 0 unspecified atom stereocenters. The Bertz CT molecular complexity index is 234. The minimum Gasteiger partial charge on any atom is -0.396 e. The Labute approximate surface area is 83.7 Å². The van der Waals surface area contributed by atoms with E-state index in [4.69, 9.17) is 5.11 Å². The van der Waals surface area contributed by atoms with Crippen LogP contribution in [0.25, 0.3) is 0 Å². The fraction of sp³-hybridized carbons (Fsp3) is 0.800. The lowest BCUT2D eigenvalue weighted by molar-refractivity contribution is -0.127. The zero-order valence-electron chi connectivity index (χ0n) is 8.51. The molecular weight excluding hydrogens is 182 g/mol. The Morgan fingerprint density at radius 3 is 2.50 bits per heavy atom. The van der Waals surface area contributed by atoms with Gasteiger partial charge in [0.25, 0.3) is 0 Å². The minimum absolute atomic E-state index is 0.0325. The van der Waals surface area contributed by atoms with Crippen LogP contribution in [0.4, 0.5) is 0 Å². The van der Waals surface area contributed by atoms with E-state index in [2.05, 4.69) is 5.32 Å². The summed E-state index contributed by atoms with van der Waals surface area (Å²) in [7, 11) is 0. The topological polar surface area (TPSA) is 66.4 Å². The van der Waals surface area contributed by atoms with Gasteiger partial charge in [0.05, 0.1) is 6.42 Å². The van der Waals surface area contributed by atoms with Crippen LogP contribution in [-0.2, 0) is 9.59 Å². The maximum absolute atomic E-state index is 11.1. The molecule has 0 saturated heterocycles. The number of hydrogen-bond donors (Lipinski definition) is 2. The second-order valence-corrected chi connectivity index (χ2v) is 4.13. The highest BCUT2D eigenvalue weighted by Gasteiger charge is 2.41. The Morgan fingerprint density at radius 2 is 2.07 bits per heavy atom. The summed E-state index contributed by atoms with van der Waals surface area (Å²) < 4.78 is 0. The molecule has 4 nitrogen and oxygen atoms in total. The molecule has 0 aromatic rings. The van der Waals surface area contributed by atoms with Crippen LogP contribution in [0, 0.1) is 5.41 Å². The molecule has 0 spiro atoms. The van der Waals surface area contributed by atoms with Gasteiger partial charge in [0.15, 0.2) is 0 Å². The summed E-state index contributed by atoms with van der Waals surface area (Å²) >= 11 is 0. The van der Waals surface area contributed by atoms with Crippen molar-refractivity contribution in [2.24, 2.45) is 5.41 Å². The normalized spacial score (nSPS) is 17.6. The van der Waals surface area contributed by atoms with Crippen molar-refractivity contribution in [2.45, 2.75) is 32.6 Å². The molecular formula is C10H17NO3. The number of aliphatic hydroxyl groups is 1. The van der Waals surface area contributed by atoms with E-state index >= 15 is 0 Å². The first-order valence-electron chi connectivity index (χ1n) is 4.95. The van der Waals surface area contributed by atoms with E-state index in [-0.39, 0.29) is 30.1 Å². The van der Waals surface area contributed by atoms with Gasteiger partial charge in [0.2, 0.25) is 5.91 Å². The molecule has 0 heterocycles. The van der Waals surface area contributed by atoms with Crippen molar-refractivity contribution in [3.63, 3.8) is 0 Å². The van der Waals surface area contributed by atoms with Crippen molar-refractivity contribution in [3.05, 3.63) is 0 Å². The van der Waals surface area contributed by atoms with Gasteiger partial charge in [0, 0.05) is 13.2 Å². The molecule has 1 aliphatic carbocycles. The first kappa shape index (κ1) is 11.2. The Morgan fingerprint density at radius 1 is 1.43 bits per heavy atom. The van der Waals surface area contributed by atoms with Crippen LogP contribution >= 0.6 is 0 Å². The van der Waals surface area contributed by atoms with Gasteiger partial charge in [-0.25, -0.2) is 0 Å². The predicted octanol–water partition coefficient (Wildman–Crippen LogP) is 0.244. The molecule has 0 aliphatic heterocycles. The van der Waals surface area contributed by atoms with Crippen LogP contribution in [0.5, 0.6) is 0 Å². The van der Waals surface area contributed by atoms with E-state index in [1.807, 2.05) is 0 Å². The molecule has 1 amide bonds. The van der Waals surface area contributed by atoms with Crippen molar-refractivity contribution in [2.75, 3.05) is 13.2 Å². The van der Waals surface area contributed by atoms with E-state index in [0.717, 1.165) is 19.3 Å². The van der Waals surface area contributed by atoms with Crippen LogP contribution in [0.1, 0.15) is 32.6 Å². The highest BCUT2D eigenvalue weighted by Crippen LogP contribution is 2.47. The number of carbonyl (C=O) groups excluding carboxylic acids is 2. The highest BCUT2D eigenvalue weighted by atomic mass is 16.3. The molecule has 0 atom stereocenters. The van der Waals surface area contributed by atoms with Gasteiger partial charge in [-0.15, -0.1) is 0 Å². The molecule has 0 bridgehead atoms. The fourth-order valence-corrected chi connectivity index (χ4v) is 1.50. The SMILES string of the molecule is CC(=O)CC(=O)NCC1(CCO)CC1. The third-order valence-electron chi connectivity index (χ3n) is 2.67. The Balaban J connectivity index is 2.20. The summed E-state index contributed by atoms with van der Waals surface area (Å²) in [5.74, 6) is -0.323. The number of aliphatic hydroxyl groups excluding tert-OH is 1. The average molecular weight is 199 g/mol. The monoisotopic (exact) mass is 199 g/mol. The standard InChI is InChI=1S/C10H17NO3/c1-8(13)6-9(14)11-7-10(2-3-10)4-5-12/h12H,2-7H2,1H3,(H,11,14). The summed E-state index contributed by atoms with van der Waals surface area (Å²) in [5, 5.41) is 11.5. The third-order valence-corrected chi connectivity index (χ3v) is 2.67. The summed E-state index contributed by atoms with van der Waals surface area (Å²) in [6.07, 6.45) is 2.84. The van der Waals surface area contributed by atoms with E-state index in [9.17, 15) is 9.59 Å². The molecule has 1 fully saturated rings. The molecule has 0 radical (unpaired) electrons. The van der Waals surface area contributed by atoms with Crippen LogP contribution in [-0.4, -0.2) is 29.9 Å². The van der Waals surface area contributed by atoms with Crippen molar-refractivity contribution < 1.29 is 14.7 Å². The third kappa shape index (κ3) is 3.46. The quantitative estimate of drug-likeness (QED) is 0.602. The summed E-state index contributed by atoms with van der Waals surface area (Å²) in [6.45, 7) is 2.17. The zero-order valence-corrected chi connectivity index (χ0v) is 8.51. The largest absolute Gasteiger partial charge is 0.396 e. The van der Waals surface area contributed by atoms with Gasteiger partial charge in [-0.1, -0.05) is 0 Å². The molecule has 1 saturated carbocycles. The summed E-state index contributed by atoms with van der Waals surface area (Å²) in [4.78, 5) is 21.8. The first-order valence-corrected chi connectivity index (χ1v) is 4.95. The lowest BCUT2D eigenvalue weighted by Crippen LogP contribution is -2.31. The predicted molar refractivity (Wildman–Crippen MR) is 51.7 cm³/mol. The summed E-state index contributed by atoms with van der Waals surface area (Å²) in [5.41, 5.74) is 0.126. The molecule has 0 aromatic carbocycles. The average Bonchev–Trinajstić information content (AvgIpc) is 2.82. The second-order valence-electron chi connectivity index (χ2n) is 4.13. The zero-order chi connectivity index (χ0) is 10.6. The van der Waals surface area contributed by atoms with Crippen molar-refractivity contribution in [1.82, 2.24) is 5.32 Å². The van der Waals surface area contributed by atoms with E-state index in [1.54, 1.807) is 0 Å². The van der Waals surface area contributed by atoms with Gasteiger partial charge in [-0.3, -0.25) is 9.59 Å². The number of ketones is 1. The molecule has 4 heteroatoms. The fourth-order valence-electron chi connectivity index (χ4n) is 1.50. The molecule has 1 rings (SSSR count). The Hall–Kier alpha value is -0.900. The Kier molecular flexibility index (Phi) is 3.63. The van der Waals surface area contributed by atoms with Crippen molar-refractivity contribution >= 4 is 11.7 Å². The molecule has 0 aromatic heterocycles. The minimum atomic E-state index is -0.207.